The van der Waals surface area contributed by atoms with Crippen LogP contribution in [-0.2, 0) is 6.42 Å². The van der Waals surface area contributed by atoms with Crippen LogP contribution in [0.4, 0.5) is 0 Å². The quantitative estimate of drug-likeness (QED) is 0.465. The Hall–Kier alpha value is -3.38. The number of halogens is 1. The highest BCUT2D eigenvalue weighted by Gasteiger charge is 2.30. The van der Waals surface area contributed by atoms with E-state index < -0.39 is 0 Å². The van der Waals surface area contributed by atoms with Crippen molar-refractivity contribution >= 4 is 23.0 Å². The van der Waals surface area contributed by atoms with Crippen LogP contribution in [0.1, 0.15) is 34.6 Å². The molecule has 4 heterocycles. The van der Waals surface area contributed by atoms with Crippen molar-refractivity contribution in [2.75, 3.05) is 13.7 Å². The minimum atomic E-state index is -0.0745. The Balaban J connectivity index is 1.45. The number of hydrogen-bond donors (Lipinski definition) is 0. The molecule has 0 saturated heterocycles. The minimum Gasteiger partial charge on any atom is -0.481 e. The number of carbonyl (C=O) groups is 1. The van der Waals surface area contributed by atoms with Crippen LogP contribution in [0, 0.1) is 0 Å². The maximum atomic E-state index is 13.3. The number of hydrogen-bond acceptors (Lipinski definition) is 4. The van der Waals surface area contributed by atoms with Crippen molar-refractivity contribution in [3.8, 4) is 17.0 Å². The molecular formula is C24H21ClN4O2. The van der Waals surface area contributed by atoms with Gasteiger partial charge < -0.3 is 9.64 Å². The molecule has 4 aromatic rings. The third-order valence-corrected chi connectivity index (χ3v) is 6.09. The van der Waals surface area contributed by atoms with Gasteiger partial charge in [-0.15, -0.1) is 0 Å². The molecular weight excluding hydrogens is 412 g/mol. The van der Waals surface area contributed by atoms with Gasteiger partial charge >= 0.3 is 0 Å². The molecule has 5 rings (SSSR count). The predicted octanol–water partition coefficient (Wildman–Crippen LogP) is 4.82. The monoisotopic (exact) mass is 432 g/mol. The molecule has 6 nitrogen and oxygen atoms in total. The molecule has 1 aliphatic rings. The molecule has 1 amide bonds. The Morgan fingerprint density at radius 1 is 1.13 bits per heavy atom. The summed E-state index contributed by atoms with van der Waals surface area (Å²) in [5.74, 6) is 0.509. The third-order valence-electron chi connectivity index (χ3n) is 5.87. The largest absolute Gasteiger partial charge is 0.481 e. The standard InChI is InChI=1S/C24H21ClN4O2/c1-15-21-11-17(18-5-8-23(31-2)26-13-18)4-3-16(21)9-10-28(15)24(30)22-12-20-7-6-19(25)14-29(20)27-22/h3-8,11-15H,9-10H2,1-2H3. The number of carbonyl (C=O) groups excluding carboxylic acids is 1. The van der Waals surface area contributed by atoms with Gasteiger partial charge in [0.05, 0.1) is 23.7 Å². The fourth-order valence-corrected chi connectivity index (χ4v) is 4.31. The zero-order chi connectivity index (χ0) is 21.5. The predicted molar refractivity (Wildman–Crippen MR) is 120 cm³/mol. The number of nitrogens with zero attached hydrogens (tertiary/aromatic N) is 4. The van der Waals surface area contributed by atoms with E-state index in [1.54, 1.807) is 36.2 Å². The Morgan fingerprint density at radius 3 is 2.74 bits per heavy atom. The van der Waals surface area contributed by atoms with Crippen molar-refractivity contribution in [3.63, 3.8) is 0 Å². The van der Waals surface area contributed by atoms with Gasteiger partial charge in [-0.1, -0.05) is 23.7 Å². The normalized spacial score (nSPS) is 15.7. The summed E-state index contributed by atoms with van der Waals surface area (Å²) in [6.45, 7) is 2.73. The molecule has 1 unspecified atom stereocenters. The van der Waals surface area contributed by atoms with E-state index in [4.69, 9.17) is 16.3 Å². The lowest BCUT2D eigenvalue weighted by Crippen LogP contribution is -2.39. The van der Waals surface area contributed by atoms with Crippen molar-refractivity contribution in [1.29, 1.82) is 0 Å². The van der Waals surface area contributed by atoms with Crippen LogP contribution in [0.3, 0.4) is 0 Å². The number of benzene rings is 1. The van der Waals surface area contributed by atoms with E-state index in [0.29, 0.717) is 23.1 Å². The van der Waals surface area contributed by atoms with E-state index >= 15 is 0 Å². The molecule has 3 aromatic heterocycles. The van der Waals surface area contributed by atoms with Crippen LogP contribution in [0.5, 0.6) is 5.88 Å². The van der Waals surface area contributed by atoms with Crippen LogP contribution < -0.4 is 4.74 Å². The first kappa shape index (κ1) is 19.6. The zero-order valence-electron chi connectivity index (χ0n) is 17.2. The van der Waals surface area contributed by atoms with Crippen molar-refractivity contribution < 1.29 is 9.53 Å². The molecule has 0 N–H and O–H groups in total. The van der Waals surface area contributed by atoms with Crippen molar-refractivity contribution in [3.05, 3.63) is 82.8 Å². The van der Waals surface area contributed by atoms with E-state index in [1.807, 2.05) is 23.1 Å². The second-order valence-corrected chi connectivity index (χ2v) is 8.11. The van der Waals surface area contributed by atoms with Crippen molar-refractivity contribution in [1.82, 2.24) is 19.5 Å². The number of ether oxygens (including phenoxy) is 1. The maximum absolute atomic E-state index is 13.3. The molecule has 0 spiro atoms. The highest BCUT2D eigenvalue weighted by molar-refractivity contribution is 6.30. The van der Waals surface area contributed by atoms with Crippen LogP contribution >= 0.6 is 11.6 Å². The van der Waals surface area contributed by atoms with Crippen LogP contribution in [0.2, 0.25) is 5.02 Å². The lowest BCUT2D eigenvalue weighted by molar-refractivity contribution is 0.0671. The molecule has 1 aromatic carbocycles. The number of aromatic nitrogens is 3. The van der Waals surface area contributed by atoms with Crippen molar-refractivity contribution in [2.45, 2.75) is 19.4 Å². The summed E-state index contributed by atoms with van der Waals surface area (Å²) in [6.07, 6.45) is 4.32. The first-order chi connectivity index (χ1) is 15.0. The lowest BCUT2D eigenvalue weighted by Gasteiger charge is -2.35. The SMILES string of the molecule is COc1ccc(-c2ccc3c(c2)C(C)N(C(=O)c2cc4ccc(Cl)cn4n2)CC3)cn1. The Morgan fingerprint density at radius 2 is 1.97 bits per heavy atom. The molecule has 1 atom stereocenters. The number of rotatable bonds is 3. The fourth-order valence-electron chi connectivity index (χ4n) is 4.16. The van der Waals surface area contributed by atoms with Crippen molar-refractivity contribution in [2.24, 2.45) is 0 Å². The van der Waals surface area contributed by atoms with Gasteiger partial charge in [0.15, 0.2) is 5.69 Å². The molecule has 0 fully saturated rings. The Labute approximate surface area is 185 Å². The summed E-state index contributed by atoms with van der Waals surface area (Å²) in [5, 5.41) is 5.02. The van der Waals surface area contributed by atoms with E-state index in [1.165, 1.54) is 5.56 Å². The molecule has 1 aliphatic heterocycles. The zero-order valence-corrected chi connectivity index (χ0v) is 18.0. The van der Waals surface area contributed by atoms with Gasteiger partial charge in [0.1, 0.15) is 0 Å². The summed E-state index contributed by atoms with van der Waals surface area (Å²) in [4.78, 5) is 19.5. The first-order valence-corrected chi connectivity index (χ1v) is 10.5. The minimum absolute atomic E-state index is 0.0594. The van der Waals surface area contributed by atoms with E-state index in [2.05, 4.69) is 35.2 Å². The number of methoxy groups -OCH3 is 1. The number of fused-ring (bicyclic) bond motifs is 2. The highest BCUT2D eigenvalue weighted by Crippen LogP contribution is 2.34. The van der Waals surface area contributed by atoms with Gasteiger partial charge in [0.2, 0.25) is 5.88 Å². The molecule has 0 aliphatic carbocycles. The summed E-state index contributed by atoms with van der Waals surface area (Å²) < 4.78 is 6.80. The van der Waals surface area contributed by atoms with E-state index in [0.717, 1.165) is 28.6 Å². The third kappa shape index (κ3) is 3.53. The Bertz CT molecular complexity index is 1280. The van der Waals surface area contributed by atoms with Gasteiger partial charge in [-0.25, -0.2) is 9.50 Å². The second-order valence-electron chi connectivity index (χ2n) is 7.67. The second kappa shape index (κ2) is 7.71. The molecule has 0 radical (unpaired) electrons. The highest BCUT2D eigenvalue weighted by atomic mass is 35.5. The summed E-state index contributed by atoms with van der Waals surface area (Å²) in [5.41, 5.74) is 5.76. The Kier molecular flexibility index (Phi) is 4.87. The lowest BCUT2D eigenvalue weighted by atomic mass is 9.90. The summed E-state index contributed by atoms with van der Waals surface area (Å²) in [6, 6.07) is 15.7. The first-order valence-electron chi connectivity index (χ1n) is 10.1. The van der Waals surface area contributed by atoms with Gasteiger partial charge in [-0.2, -0.15) is 5.10 Å². The number of pyridine rings is 2. The van der Waals surface area contributed by atoms with Gasteiger partial charge in [-0.05, 0) is 60.4 Å². The summed E-state index contributed by atoms with van der Waals surface area (Å²) >= 11 is 6.05. The molecule has 0 saturated carbocycles. The molecule has 0 bridgehead atoms. The fraction of sp³-hybridized carbons (Fsp3) is 0.208. The van der Waals surface area contributed by atoms with Gasteiger partial charge in [0, 0.05) is 30.6 Å². The van der Waals surface area contributed by atoms with E-state index in [-0.39, 0.29) is 11.9 Å². The van der Waals surface area contributed by atoms with E-state index in [9.17, 15) is 4.79 Å². The van der Waals surface area contributed by atoms with Crippen LogP contribution in [0.25, 0.3) is 16.6 Å². The topological polar surface area (TPSA) is 59.7 Å². The number of amides is 1. The molecule has 7 heteroatoms. The average molecular weight is 433 g/mol. The molecule has 156 valence electrons. The van der Waals surface area contributed by atoms with Gasteiger partial charge in [0.25, 0.3) is 5.91 Å². The smallest absolute Gasteiger partial charge is 0.274 e. The van der Waals surface area contributed by atoms with Gasteiger partial charge in [-0.3, -0.25) is 4.79 Å². The molecule has 31 heavy (non-hydrogen) atoms. The van der Waals surface area contributed by atoms with Crippen LogP contribution in [0.15, 0.2) is 60.9 Å². The average Bonchev–Trinajstić information content (AvgIpc) is 3.22. The maximum Gasteiger partial charge on any atom is 0.274 e. The summed E-state index contributed by atoms with van der Waals surface area (Å²) in [7, 11) is 1.60. The van der Waals surface area contributed by atoms with Crippen LogP contribution in [-0.4, -0.2) is 39.1 Å².